The maximum atomic E-state index is 11.9. The molecular formula is C15H20N2O. The Morgan fingerprint density at radius 2 is 2.17 bits per heavy atom. The van der Waals surface area contributed by atoms with Crippen LogP contribution in [0.2, 0.25) is 0 Å². The topological polar surface area (TPSA) is 32.3 Å². The van der Waals surface area contributed by atoms with E-state index in [4.69, 9.17) is 0 Å². The van der Waals surface area contributed by atoms with E-state index in [1.54, 1.807) is 0 Å². The lowest BCUT2D eigenvalue weighted by molar-refractivity contribution is -0.118. The standard InChI is InChI=1S/C15H20N2O/c1-17-14(18)9-8-11-5-4-6-12(15(11)17)13-7-2-3-10-16-13/h4-6,13,16H,2-3,7-10H2,1H3. The molecule has 0 bridgehead atoms. The lowest BCUT2D eigenvalue weighted by atomic mass is 9.90. The van der Waals surface area contributed by atoms with Gasteiger partial charge in [-0.25, -0.2) is 0 Å². The highest BCUT2D eigenvalue weighted by molar-refractivity contribution is 5.96. The van der Waals surface area contributed by atoms with E-state index in [1.165, 1.54) is 30.4 Å². The SMILES string of the molecule is CN1C(=O)CCc2cccc(C3CCCCN3)c21. The predicted octanol–water partition coefficient (Wildman–Crippen LogP) is 2.41. The van der Waals surface area contributed by atoms with Gasteiger partial charge in [0, 0.05) is 19.5 Å². The average molecular weight is 244 g/mol. The number of amides is 1. The first-order valence-corrected chi connectivity index (χ1v) is 6.89. The normalized spacial score (nSPS) is 23.9. The number of piperidine rings is 1. The van der Waals surface area contributed by atoms with Crippen LogP contribution >= 0.6 is 0 Å². The number of hydrogen-bond acceptors (Lipinski definition) is 2. The number of hydrogen-bond donors (Lipinski definition) is 1. The Hall–Kier alpha value is -1.35. The van der Waals surface area contributed by atoms with Gasteiger partial charge in [-0.1, -0.05) is 24.6 Å². The van der Waals surface area contributed by atoms with Crippen LogP contribution in [0, 0.1) is 0 Å². The number of nitrogens with one attached hydrogen (secondary N) is 1. The molecule has 0 radical (unpaired) electrons. The molecule has 0 saturated carbocycles. The number of anilines is 1. The van der Waals surface area contributed by atoms with Crippen molar-refractivity contribution in [2.24, 2.45) is 0 Å². The van der Waals surface area contributed by atoms with E-state index in [2.05, 4.69) is 23.5 Å². The maximum absolute atomic E-state index is 11.9. The number of nitrogens with zero attached hydrogens (tertiary/aromatic N) is 1. The van der Waals surface area contributed by atoms with Gasteiger partial charge in [0.15, 0.2) is 0 Å². The number of carbonyl (C=O) groups is 1. The number of benzene rings is 1. The number of para-hydroxylation sites is 1. The van der Waals surface area contributed by atoms with Crippen LogP contribution in [0.15, 0.2) is 18.2 Å². The minimum atomic E-state index is 0.241. The van der Waals surface area contributed by atoms with Gasteiger partial charge < -0.3 is 10.2 Å². The smallest absolute Gasteiger partial charge is 0.227 e. The first kappa shape index (κ1) is 11.7. The van der Waals surface area contributed by atoms with Crippen molar-refractivity contribution in [1.29, 1.82) is 0 Å². The van der Waals surface area contributed by atoms with Crippen molar-refractivity contribution >= 4 is 11.6 Å². The summed E-state index contributed by atoms with van der Waals surface area (Å²) < 4.78 is 0. The molecule has 1 saturated heterocycles. The zero-order valence-electron chi connectivity index (χ0n) is 10.9. The van der Waals surface area contributed by atoms with E-state index in [0.29, 0.717) is 12.5 Å². The first-order chi connectivity index (χ1) is 8.77. The third kappa shape index (κ3) is 1.93. The molecule has 0 spiro atoms. The van der Waals surface area contributed by atoms with Crippen molar-refractivity contribution < 1.29 is 4.79 Å². The summed E-state index contributed by atoms with van der Waals surface area (Å²) in [5.41, 5.74) is 3.79. The predicted molar refractivity (Wildman–Crippen MR) is 72.8 cm³/mol. The Morgan fingerprint density at radius 1 is 1.28 bits per heavy atom. The van der Waals surface area contributed by atoms with Crippen molar-refractivity contribution in [2.75, 3.05) is 18.5 Å². The van der Waals surface area contributed by atoms with Crippen LogP contribution in [0.3, 0.4) is 0 Å². The molecule has 2 heterocycles. The number of rotatable bonds is 1. The molecule has 1 N–H and O–H groups in total. The molecule has 96 valence electrons. The molecule has 1 aromatic carbocycles. The van der Waals surface area contributed by atoms with Crippen LogP contribution in [-0.2, 0) is 11.2 Å². The number of carbonyl (C=O) groups excluding carboxylic acids is 1. The second-order valence-electron chi connectivity index (χ2n) is 5.31. The van der Waals surface area contributed by atoms with Gasteiger partial charge in [-0.15, -0.1) is 0 Å². The van der Waals surface area contributed by atoms with Crippen molar-refractivity contribution in [1.82, 2.24) is 5.32 Å². The van der Waals surface area contributed by atoms with E-state index in [-0.39, 0.29) is 5.91 Å². The molecule has 2 aliphatic rings. The molecule has 1 amide bonds. The third-order valence-electron chi connectivity index (χ3n) is 4.15. The third-order valence-corrected chi connectivity index (χ3v) is 4.15. The largest absolute Gasteiger partial charge is 0.315 e. The Labute approximate surface area is 108 Å². The molecule has 2 aliphatic heterocycles. The summed E-state index contributed by atoms with van der Waals surface area (Å²) in [6.07, 6.45) is 5.25. The van der Waals surface area contributed by atoms with Crippen molar-refractivity contribution in [3.63, 3.8) is 0 Å². The fourth-order valence-electron chi connectivity index (χ4n) is 3.15. The molecule has 0 aromatic heterocycles. The fraction of sp³-hybridized carbons (Fsp3) is 0.533. The van der Waals surface area contributed by atoms with Crippen molar-refractivity contribution in [3.05, 3.63) is 29.3 Å². The molecular weight excluding hydrogens is 224 g/mol. The van der Waals surface area contributed by atoms with E-state index in [0.717, 1.165) is 18.7 Å². The van der Waals surface area contributed by atoms with Gasteiger partial charge >= 0.3 is 0 Å². The fourth-order valence-corrected chi connectivity index (χ4v) is 3.15. The number of fused-ring (bicyclic) bond motifs is 1. The van der Waals surface area contributed by atoms with Crippen molar-refractivity contribution in [3.8, 4) is 0 Å². The van der Waals surface area contributed by atoms with Crippen LogP contribution < -0.4 is 10.2 Å². The molecule has 1 fully saturated rings. The second kappa shape index (κ2) is 4.73. The van der Waals surface area contributed by atoms with E-state index in [1.807, 2.05) is 11.9 Å². The number of aryl methyl sites for hydroxylation is 1. The van der Waals surface area contributed by atoms with Gasteiger partial charge in [-0.05, 0) is 36.9 Å². The zero-order chi connectivity index (χ0) is 12.5. The highest BCUT2D eigenvalue weighted by Crippen LogP contribution is 2.36. The zero-order valence-corrected chi connectivity index (χ0v) is 10.9. The summed E-state index contributed by atoms with van der Waals surface area (Å²) in [5.74, 6) is 0.241. The van der Waals surface area contributed by atoms with Gasteiger partial charge in [0.05, 0.1) is 5.69 Å². The van der Waals surface area contributed by atoms with E-state index in [9.17, 15) is 4.79 Å². The summed E-state index contributed by atoms with van der Waals surface area (Å²) in [6.45, 7) is 1.09. The second-order valence-corrected chi connectivity index (χ2v) is 5.31. The minimum Gasteiger partial charge on any atom is -0.315 e. The molecule has 3 nitrogen and oxygen atoms in total. The van der Waals surface area contributed by atoms with Crippen LogP contribution in [-0.4, -0.2) is 19.5 Å². The summed E-state index contributed by atoms with van der Waals surface area (Å²) in [7, 11) is 1.91. The lowest BCUT2D eigenvalue weighted by Crippen LogP contribution is -2.34. The van der Waals surface area contributed by atoms with Crippen LogP contribution in [0.1, 0.15) is 42.9 Å². The molecule has 1 aromatic rings. The van der Waals surface area contributed by atoms with Gasteiger partial charge in [0.25, 0.3) is 0 Å². The molecule has 18 heavy (non-hydrogen) atoms. The highest BCUT2D eigenvalue weighted by atomic mass is 16.2. The van der Waals surface area contributed by atoms with Gasteiger partial charge in [0.2, 0.25) is 5.91 Å². The van der Waals surface area contributed by atoms with Crippen LogP contribution in [0.5, 0.6) is 0 Å². The monoisotopic (exact) mass is 244 g/mol. The quantitative estimate of drug-likeness (QED) is 0.822. The maximum Gasteiger partial charge on any atom is 0.227 e. The minimum absolute atomic E-state index is 0.241. The van der Waals surface area contributed by atoms with E-state index >= 15 is 0 Å². The highest BCUT2D eigenvalue weighted by Gasteiger charge is 2.27. The summed E-state index contributed by atoms with van der Waals surface area (Å²) in [5, 5.41) is 3.58. The molecule has 1 atom stereocenters. The van der Waals surface area contributed by atoms with Crippen LogP contribution in [0.4, 0.5) is 5.69 Å². The molecule has 3 rings (SSSR count). The summed E-state index contributed by atoms with van der Waals surface area (Å²) >= 11 is 0. The summed E-state index contributed by atoms with van der Waals surface area (Å²) in [6, 6.07) is 6.89. The van der Waals surface area contributed by atoms with E-state index < -0.39 is 0 Å². The summed E-state index contributed by atoms with van der Waals surface area (Å²) in [4.78, 5) is 13.7. The molecule has 0 aliphatic carbocycles. The van der Waals surface area contributed by atoms with Gasteiger partial charge in [-0.2, -0.15) is 0 Å². The van der Waals surface area contributed by atoms with Crippen LogP contribution in [0.25, 0.3) is 0 Å². The Bertz CT molecular complexity index is 464. The van der Waals surface area contributed by atoms with Gasteiger partial charge in [-0.3, -0.25) is 4.79 Å². The first-order valence-electron chi connectivity index (χ1n) is 6.89. The average Bonchev–Trinajstić information content (AvgIpc) is 2.43. The Balaban J connectivity index is 2.02. The Morgan fingerprint density at radius 3 is 2.94 bits per heavy atom. The van der Waals surface area contributed by atoms with Gasteiger partial charge in [0.1, 0.15) is 0 Å². The Kier molecular flexibility index (Phi) is 3.08. The lowest BCUT2D eigenvalue weighted by Gasteiger charge is -2.33. The molecule has 1 unspecified atom stereocenters. The van der Waals surface area contributed by atoms with Crippen molar-refractivity contribution in [2.45, 2.75) is 38.1 Å². The molecule has 3 heteroatoms.